The van der Waals surface area contributed by atoms with Gasteiger partial charge in [-0.1, -0.05) is 18.2 Å². The first-order chi connectivity index (χ1) is 10.5. The van der Waals surface area contributed by atoms with Gasteiger partial charge < -0.3 is 0 Å². The molecule has 5 rings (SSSR count). The largest absolute Gasteiger partial charge is 0.264 e. The smallest absolute Gasteiger partial charge is 0.219 e. The average molecular weight is 321 g/mol. The highest BCUT2D eigenvalue weighted by Gasteiger charge is 2.65. The Morgan fingerprint density at radius 2 is 1.82 bits per heavy atom. The Morgan fingerprint density at radius 3 is 2.36 bits per heavy atom. The van der Waals surface area contributed by atoms with Crippen LogP contribution in [0.25, 0.3) is 0 Å². The molecule has 0 amide bonds. The van der Waals surface area contributed by atoms with Gasteiger partial charge in [0.15, 0.2) is 0 Å². The molecule has 0 N–H and O–H groups in total. The number of rotatable bonds is 4. The van der Waals surface area contributed by atoms with E-state index in [0.29, 0.717) is 25.2 Å². The molecule has 4 aliphatic carbocycles. The Labute approximate surface area is 133 Å². The zero-order chi connectivity index (χ0) is 15.4. The third kappa shape index (κ3) is 2.25. The molecule has 4 bridgehead atoms. The van der Waals surface area contributed by atoms with Crippen LogP contribution in [0.4, 0.5) is 4.39 Å². The Balaban J connectivity index is 1.71. The minimum Gasteiger partial charge on any atom is -0.264 e. The fourth-order valence-electron chi connectivity index (χ4n) is 5.33. The van der Waals surface area contributed by atoms with Crippen molar-refractivity contribution in [2.75, 3.05) is 6.54 Å². The Morgan fingerprint density at radius 1 is 1.18 bits per heavy atom. The van der Waals surface area contributed by atoms with Gasteiger partial charge in [0.2, 0.25) is 6.54 Å². The zero-order valence-corrected chi connectivity index (χ0v) is 13.2. The molecule has 22 heavy (non-hydrogen) atoms. The van der Waals surface area contributed by atoms with Crippen molar-refractivity contribution in [2.45, 2.75) is 47.4 Å². The van der Waals surface area contributed by atoms with Crippen LogP contribution < -0.4 is 0 Å². The van der Waals surface area contributed by atoms with Crippen molar-refractivity contribution in [3.8, 4) is 0 Å². The third-order valence-electron chi connectivity index (χ3n) is 5.92. The molecule has 5 heteroatoms. The number of nitrogens with zero attached hydrogens (tertiary/aromatic N) is 1. The van der Waals surface area contributed by atoms with Gasteiger partial charge in [-0.3, -0.25) is 10.1 Å². The molecule has 3 unspecified atom stereocenters. The molecule has 4 aliphatic rings. The van der Waals surface area contributed by atoms with Crippen molar-refractivity contribution in [1.82, 2.24) is 0 Å². The molecule has 0 heterocycles. The first-order valence-corrected chi connectivity index (χ1v) is 8.86. The van der Waals surface area contributed by atoms with Crippen LogP contribution in [0.5, 0.6) is 0 Å². The Hall–Kier alpha value is -1.10. The molecular formula is C17H20FNO2S. The monoisotopic (exact) mass is 321 g/mol. The highest BCUT2D eigenvalue weighted by Crippen LogP contribution is 2.66. The molecular weight excluding hydrogens is 301 g/mol. The predicted molar refractivity (Wildman–Crippen MR) is 84.3 cm³/mol. The van der Waals surface area contributed by atoms with Gasteiger partial charge in [0.1, 0.15) is 5.67 Å². The van der Waals surface area contributed by atoms with E-state index in [1.54, 1.807) is 11.8 Å². The lowest BCUT2D eigenvalue weighted by Gasteiger charge is -2.61. The van der Waals surface area contributed by atoms with Gasteiger partial charge in [-0.15, -0.1) is 11.8 Å². The number of hydrogen-bond acceptors (Lipinski definition) is 3. The molecule has 3 nitrogen and oxygen atoms in total. The van der Waals surface area contributed by atoms with Gasteiger partial charge in [0.05, 0.1) is 4.75 Å². The maximum absolute atomic E-state index is 14.9. The minimum atomic E-state index is -1.05. The lowest BCUT2D eigenvalue weighted by Crippen LogP contribution is -2.63. The van der Waals surface area contributed by atoms with Gasteiger partial charge in [0, 0.05) is 9.82 Å². The number of nitro groups is 1. The second kappa shape index (κ2) is 4.95. The fourth-order valence-corrected chi connectivity index (χ4v) is 6.92. The fraction of sp³-hybridized carbons (Fsp3) is 0.647. The summed E-state index contributed by atoms with van der Waals surface area (Å²) < 4.78 is 14.5. The summed E-state index contributed by atoms with van der Waals surface area (Å²) in [6, 6.07) is 9.92. The van der Waals surface area contributed by atoms with Crippen LogP contribution in [-0.4, -0.2) is 21.9 Å². The molecule has 0 spiro atoms. The summed E-state index contributed by atoms with van der Waals surface area (Å²) in [5.74, 6) is 0.720. The van der Waals surface area contributed by atoms with Crippen molar-refractivity contribution < 1.29 is 9.31 Å². The molecule has 0 aromatic heterocycles. The van der Waals surface area contributed by atoms with Gasteiger partial charge >= 0.3 is 0 Å². The minimum absolute atomic E-state index is 0.0370. The molecule has 118 valence electrons. The van der Waals surface area contributed by atoms with Crippen LogP contribution in [0, 0.1) is 27.9 Å². The number of thioether (sulfide) groups is 1. The lowest BCUT2D eigenvalue weighted by molar-refractivity contribution is -0.490. The van der Waals surface area contributed by atoms with E-state index in [1.165, 1.54) is 0 Å². The number of benzene rings is 1. The number of alkyl halides is 1. The zero-order valence-electron chi connectivity index (χ0n) is 12.4. The van der Waals surface area contributed by atoms with Crippen LogP contribution in [-0.2, 0) is 0 Å². The number of hydrogen-bond donors (Lipinski definition) is 0. The van der Waals surface area contributed by atoms with E-state index in [0.717, 1.165) is 17.7 Å². The van der Waals surface area contributed by atoms with E-state index in [1.807, 2.05) is 30.3 Å². The Bertz CT molecular complexity index is 578. The third-order valence-corrected chi connectivity index (χ3v) is 7.61. The molecule has 4 saturated carbocycles. The van der Waals surface area contributed by atoms with E-state index >= 15 is 0 Å². The van der Waals surface area contributed by atoms with Crippen LogP contribution in [0.1, 0.15) is 32.1 Å². The quantitative estimate of drug-likeness (QED) is 0.612. The second-order valence-corrected chi connectivity index (χ2v) is 8.79. The maximum Gasteiger partial charge on any atom is 0.219 e. The van der Waals surface area contributed by atoms with Crippen molar-refractivity contribution in [3.05, 3.63) is 40.4 Å². The topological polar surface area (TPSA) is 43.1 Å². The first-order valence-electron chi connectivity index (χ1n) is 8.04. The van der Waals surface area contributed by atoms with Crippen LogP contribution in [0.2, 0.25) is 0 Å². The van der Waals surface area contributed by atoms with Crippen LogP contribution >= 0.6 is 11.8 Å². The Kier molecular flexibility index (Phi) is 3.26. The summed E-state index contributed by atoms with van der Waals surface area (Å²) in [5, 5.41) is 11.4. The molecule has 1 aromatic carbocycles. The van der Waals surface area contributed by atoms with Gasteiger partial charge in [-0.25, -0.2) is 4.39 Å². The summed E-state index contributed by atoms with van der Waals surface area (Å²) in [4.78, 5) is 12.3. The molecule has 0 radical (unpaired) electrons. The summed E-state index contributed by atoms with van der Waals surface area (Å²) in [7, 11) is 0. The van der Waals surface area contributed by atoms with Crippen LogP contribution in [0.15, 0.2) is 35.2 Å². The molecule has 4 fully saturated rings. The first kappa shape index (κ1) is 14.5. The standard InChI is InChI=1S/C17H20FNO2S/c18-16-8-12-6-13(9-16)17(11-19(20)21,14(7-12)10-16)22-15-4-2-1-3-5-15/h1-5,12-14H,6-11H2/t12?,13-,14+,16?,17?. The highest BCUT2D eigenvalue weighted by molar-refractivity contribution is 8.00. The summed E-state index contributed by atoms with van der Waals surface area (Å²) >= 11 is 1.65. The van der Waals surface area contributed by atoms with Crippen molar-refractivity contribution in [2.24, 2.45) is 17.8 Å². The predicted octanol–water partition coefficient (Wildman–Crippen LogP) is 4.34. The van der Waals surface area contributed by atoms with Gasteiger partial charge in [-0.05, 0) is 62.0 Å². The van der Waals surface area contributed by atoms with Crippen molar-refractivity contribution in [1.29, 1.82) is 0 Å². The van der Waals surface area contributed by atoms with Gasteiger partial charge in [0.25, 0.3) is 0 Å². The van der Waals surface area contributed by atoms with Crippen molar-refractivity contribution in [3.63, 3.8) is 0 Å². The average Bonchev–Trinajstić information content (AvgIpc) is 2.43. The van der Waals surface area contributed by atoms with Gasteiger partial charge in [-0.2, -0.15) is 0 Å². The molecule has 0 aliphatic heterocycles. The molecule has 5 atom stereocenters. The normalized spacial score (nSPS) is 42.5. The molecule has 0 saturated heterocycles. The number of halogens is 1. The van der Waals surface area contributed by atoms with E-state index in [4.69, 9.17) is 0 Å². The summed E-state index contributed by atoms with van der Waals surface area (Å²) in [5.41, 5.74) is -1.05. The van der Waals surface area contributed by atoms with E-state index in [-0.39, 0.29) is 23.3 Å². The SMILES string of the molecule is O=[N+]([O-])CC1(Sc2ccccc2)[C@@H]2CC3C[C@H]1CC(F)(C3)C2. The van der Waals surface area contributed by atoms with E-state index < -0.39 is 10.4 Å². The van der Waals surface area contributed by atoms with E-state index in [9.17, 15) is 14.5 Å². The summed E-state index contributed by atoms with van der Waals surface area (Å²) in [6.07, 6.45) is 3.66. The van der Waals surface area contributed by atoms with E-state index in [2.05, 4.69) is 0 Å². The maximum atomic E-state index is 14.9. The highest BCUT2D eigenvalue weighted by atomic mass is 32.2. The van der Waals surface area contributed by atoms with Crippen LogP contribution in [0.3, 0.4) is 0 Å². The second-order valence-electron chi connectivity index (χ2n) is 7.36. The van der Waals surface area contributed by atoms with Crippen molar-refractivity contribution >= 4 is 11.8 Å². The summed E-state index contributed by atoms with van der Waals surface area (Å²) in [6.45, 7) is -0.0370. The molecule has 1 aromatic rings. The lowest BCUT2D eigenvalue weighted by atomic mass is 9.50.